The van der Waals surface area contributed by atoms with Crippen LogP contribution >= 0.6 is 0 Å². The first kappa shape index (κ1) is 16.0. The lowest BCUT2D eigenvalue weighted by atomic mass is 10.0. The van der Waals surface area contributed by atoms with Crippen molar-refractivity contribution in [2.45, 2.75) is 6.92 Å². The Kier molecular flexibility index (Phi) is 4.20. The smallest absolute Gasteiger partial charge is 0.255 e. The van der Waals surface area contributed by atoms with Gasteiger partial charge in [-0.05, 0) is 42.3 Å². The van der Waals surface area contributed by atoms with E-state index < -0.39 is 0 Å². The molecule has 1 heterocycles. The molecule has 1 amide bonds. The average molecular weight is 338 g/mol. The summed E-state index contributed by atoms with van der Waals surface area (Å²) >= 11 is 0. The molecule has 0 aliphatic carbocycles. The maximum absolute atomic E-state index is 12.6. The number of amides is 1. The average Bonchev–Trinajstić information content (AvgIpc) is 2.68. The summed E-state index contributed by atoms with van der Waals surface area (Å²) in [5.74, 6) is -0.120. The van der Waals surface area contributed by atoms with Gasteiger partial charge in [0.15, 0.2) is 0 Å². The second-order valence-corrected chi connectivity index (χ2v) is 6.30. The highest BCUT2D eigenvalue weighted by Crippen LogP contribution is 2.24. The van der Waals surface area contributed by atoms with Crippen LogP contribution in [0.4, 0.5) is 5.69 Å². The molecule has 0 aliphatic rings. The van der Waals surface area contributed by atoms with Crippen molar-refractivity contribution in [3.63, 3.8) is 0 Å². The second-order valence-electron chi connectivity index (χ2n) is 6.30. The normalized spacial score (nSPS) is 10.7. The van der Waals surface area contributed by atoms with Gasteiger partial charge in [-0.3, -0.25) is 9.78 Å². The van der Waals surface area contributed by atoms with Gasteiger partial charge in [-0.25, -0.2) is 0 Å². The summed E-state index contributed by atoms with van der Waals surface area (Å²) < 4.78 is 0. The van der Waals surface area contributed by atoms with E-state index in [9.17, 15) is 4.79 Å². The van der Waals surface area contributed by atoms with E-state index >= 15 is 0 Å². The summed E-state index contributed by atoms with van der Waals surface area (Å²) in [5, 5.41) is 4.98. The number of carbonyl (C=O) groups excluding carboxylic acids is 1. The fourth-order valence-electron chi connectivity index (χ4n) is 3.06. The summed E-state index contributed by atoms with van der Waals surface area (Å²) in [6, 6.07) is 23.7. The van der Waals surface area contributed by atoms with Crippen LogP contribution in [0.3, 0.4) is 0 Å². The van der Waals surface area contributed by atoms with Crippen molar-refractivity contribution < 1.29 is 4.79 Å². The molecule has 26 heavy (non-hydrogen) atoms. The van der Waals surface area contributed by atoms with Crippen molar-refractivity contribution in [2.75, 3.05) is 5.32 Å². The minimum absolute atomic E-state index is 0.120. The molecule has 0 saturated heterocycles. The van der Waals surface area contributed by atoms with Crippen LogP contribution in [0.5, 0.6) is 0 Å². The van der Waals surface area contributed by atoms with Gasteiger partial charge in [-0.1, -0.05) is 54.1 Å². The topological polar surface area (TPSA) is 42.0 Å². The third-order valence-corrected chi connectivity index (χ3v) is 4.43. The van der Waals surface area contributed by atoms with Gasteiger partial charge in [-0.2, -0.15) is 0 Å². The van der Waals surface area contributed by atoms with Crippen LogP contribution in [-0.4, -0.2) is 10.9 Å². The molecule has 3 heteroatoms. The van der Waals surface area contributed by atoms with Crippen molar-refractivity contribution in [2.24, 2.45) is 0 Å². The molecule has 0 aliphatic heterocycles. The molecule has 3 nitrogen and oxygen atoms in total. The number of hydrogen-bond acceptors (Lipinski definition) is 2. The van der Waals surface area contributed by atoms with Gasteiger partial charge < -0.3 is 5.32 Å². The maximum atomic E-state index is 12.6. The number of fused-ring (bicyclic) bond motifs is 1. The molecule has 0 spiro atoms. The Balaban J connectivity index is 1.58. The van der Waals surface area contributed by atoms with E-state index in [1.807, 2.05) is 54.6 Å². The van der Waals surface area contributed by atoms with Crippen LogP contribution in [-0.2, 0) is 0 Å². The van der Waals surface area contributed by atoms with E-state index in [1.165, 1.54) is 5.56 Å². The van der Waals surface area contributed by atoms with Crippen molar-refractivity contribution in [3.8, 4) is 11.1 Å². The SMILES string of the molecule is Cc1cccc(-c2ccc(C(=O)Nc3cccc4cnccc34)cc2)c1. The van der Waals surface area contributed by atoms with Gasteiger partial charge in [0.05, 0.1) is 0 Å². The summed E-state index contributed by atoms with van der Waals surface area (Å²) in [5.41, 5.74) is 4.89. The van der Waals surface area contributed by atoms with E-state index in [-0.39, 0.29) is 5.91 Å². The Morgan fingerprint density at radius 3 is 2.50 bits per heavy atom. The number of rotatable bonds is 3. The number of benzene rings is 3. The van der Waals surface area contributed by atoms with Gasteiger partial charge in [0.2, 0.25) is 0 Å². The first-order valence-electron chi connectivity index (χ1n) is 8.52. The van der Waals surface area contributed by atoms with Crippen molar-refractivity contribution in [3.05, 3.63) is 96.3 Å². The van der Waals surface area contributed by atoms with Gasteiger partial charge in [-0.15, -0.1) is 0 Å². The number of carbonyl (C=O) groups is 1. The first-order valence-corrected chi connectivity index (χ1v) is 8.52. The summed E-state index contributed by atoms with van der Waals surface area (Å²) in [6.45, 7) is 2.07. The summed E-state index contributed by atoms with van der Waals surface area (Å²) in [6.07, 6.45) is 3.52. The zero-order chi connectivity index (χ0) is 17.9. The largest absolute Gasteiger partial charge is 0.321 e. The number of nitrogens with one attached hydrogen (secondary N) is 1. The Morgan fingerprint density at radius 1 is 0.885 bits per heavy atom. The Hall–Kier alpha value is -3.46. The molecule has 0 radical (unpaired) electrons. The second kappa shape index (κ2) is 6.81. The zero-order valence-corrected chi connectivity index (χ0v) is 14.4. The minimum Gasteiger partial charge on any atom is -0.321 e. The van der Waals surface area contributed by atoms with Crippen LogP contribution in [0.2, 0.25) is 0 Å². The molecule has 3 aromatic carbocycles. The molecular formula is C23H18N2O. The molecule has 0 saturated carbocycles. The number of aryl methyl sites for hydroxylation is 1. The monoisotopic (exact) mass is 338 g/mol. The Bertz CT molecular complexity index is 1080. The van der Waals surface area contributed by atoms with Crippen molar-refractivity contribution in [1.29, 1.82) is 0 Å². The first-order chi connectivity index (χ1) is 12.7. The third kappa shape index (κ3) is 3.20. The van der Waals surface area contributed by atoms with Crippen LogP contribution in [0.1, 0.15) is 15.9 Å². The predicted octanol–water partition coefficient (Wildman–Crippen LogP) is 5.46. The van der Waals surface area contributed by atoms with Gasteiger partial charge in [0.1, 0.15) is 0 Å². The van der Waals surface area contributed by atoms with Crippen molar-refractivity contribution in [1.82, 2.24) is 4.98 Å². The zero-order valence-electron chi connectivity index (χ0n) is 14.4. The van der Waals surface area contributed by atoms with Crippen molar-refractivity contribution >= 4 is 22.4 Å². The number of aromatic nitrogens is 1. The van der Waals surface area contributed by atoms with Crippen LogP contribution in [0.25, 0.3) is 21.9 Å². The highest BCUT2D eigenvalue weighted by Gasteiger charge is 2.09. The Labute approximate surface area is 152 Å². The molecule has 0 bridgehead atoms. The lowest BCUT2D eigenvalue weighted by molar-refractivity contribution is 0.102. The summed E-state index contributed by atoms with van der Waals surface area (Å²) in [4.78, 5) is 16.8. The standard InChI is InChI=1S/C23H18N2O/c1-16-4-2-5-19(14-16)17-8-10-18(11-9-17)23(26)25-22-7-3-6-20-15-24-13-12-21(20)22/h2-15H,1H3,(H,25,26). The molecule has 4 aromatic rings. The van der Waals surface area contributed by atoms with Gasteiger partial charge in [0.25, 0.3) is 5.91 Å². The lowest BCUT2D eigenvalue weighted by Crippen LogP contribution is -2.12. The van der Waals surface area contributed by atoms with Crippen LogP contribution in [0.15, 0.2) is 85.2 Å². The lowest BCUT2D eigenvalue weighted by Gasteiger charge is -2.09. The van der Waals surface area contributed by atoms with Gasteiger partial charge in [0, 0.05) is 34.4 Å². The van der Waals surface area contributed by atoms with E-state index in [0.717, 1.165) is 27.6 Å². The van der Waals surface area contributed by atoms with Gasteiger partial charge >= 0.3 is 0 Å². The number of nitrogens with zero attached hydrogens (tertiary/aromatic N) is 1. The van der Waals surface area contributed by atoms with E-state index in [1.54, 1.807) is 12.4 Å². The molecule has 126 valence electrons. The van der Waals surface area contributed by atoms with E-state index in [2.05, 4.69) is 35.4 Å². The summed E-state index contributed by atoms with van der Waals surface area (Å²) in [7, 11) is 0. The fraction of sp³-hybridized carbons (Fsp3) is 0.0435. The van der Waals surface area contributed by atoms with Crippen LogP contribution in [0, 0.1) is 6.92 Å². The number of pyridine rings is 1. The molecule has 4 rings (SSSR count). The molecule has 1 aromatic heterocycles. The molecule has 0 fully saturated rings. The highest BCUT2D eigenvalue weighted by atomic mass is 16.1. The van der Waals surface area contributed by atoms with E-state index in [0.29, 0.717) is 5.56 Å². The fourth-order valence-corrected chi connectivity index (χ4v) is 3.06. The molecule has 0 unspecified atom stereocenters. The number of hydrogen-bond donors (Lipinski definition) is 1. The van der Waals surface area contributed by atoms with E-state index in [4.69, 9.17) is 0 Å². The highest BCUT2D eigenvalue weighted by molar-refractivity contribution is 6.09. The Morgan fingerprint density at radius 2 is 1.69 bits per heavy atom. The number of anilines is 1. The minimum atomic E-state index is -0.120. The molecule has 0 atom stereocenters. The molecular weight excluding hydrogens is 320 g/mol. The van der Waals surface area contributed by atoms with Crippen LogP contribution < -0.4 is 5.32 Å². The quantitative estimate of drug-likeness (QED) is 0.539. The maximum Gasteiger partial charge on any atom is 0.255 e. The third-order valence-electron chi connectivity index (χ3n) is 4.43. The molecule has 1 N–H and O–H groups in total. The predicted molar refractivity (Wildman–Crippen MR) is 106 cm³/mol.